The zero-order chi connectivity index (χ0) is 41.4. The summed E-state index contributed by atoms with van der Waals surface area (Å²) in [7, 11) is 0. The Kier molecular flexibility index (Phi) is 8.13. The summed E-state index contributed by atoms with van der Waals surface area (Å²) in [6, 6.07) is 72.9. The molecule has 0 aliphatic carbocycles. The second kappa shape index (κ2) is 14.3. The molecule has 0 N–H and O–H groups in total. The van der Waals surface area contributed by atoms with Crippen LogP contribution in [-0.2, 0) is 0 Å². The van der Waals surface area contributed by atoms with Gasteiger partial charge in [-0.15, -0.1) is 0 Å². The topological polar surface area (TPSA) is 61.4 Å². The maximum atomic E-state index is 5.46. The van der Waals surface area contributed by atoms with E-state index in [4.69, 9.17) is 19.9 Å². The first-order valence-electron chi connectivity index (χ1n) is 21.1. The minimum absolute atomic E-state index is 0.319. The molecule has 0 aliphatic rings. The monoisotopic (exact) mass is 870 g/mol. The summed E-state index contributed by atoms with van der Waals surface area (Å²) >= 11 is 0.319. The van der Waals surface area contributed by atoms with Gasteiger partial charge in [-0.2, -0.15) is 0 Å². The number of hydrogen-bond donors (Lipinski definition) is 0. The fourth-order valence-corrected chi connectivity index (χ4v) is 11.6. The molecule has 13 rings (SSSR count). The van der Waals surface area contributed by atoms with Crippen molar-refractivity contribution in [2.75, 3.05) is 0 Å². The smallest absolute Gasteiger partial charge is 0.0270 e. The predicted molar refractivity (Wildman–Crippen MR) is 260 cm³/mol. The molecule has 13 aromatic rings. The summed E-state index contributed by atoms with van der Waals surface area (Å²) < 4.78 is 7.62. The van der Waals surface area contributed by atoms with Crippen LogP contribution in [-0.4, -0.2) is 43.6 Å². The van der Waals surface area contributed by atoms with Crippen LogP contribution in [0.1, 0.15) is 0 Å². The van der Waals surface area contributed by atoms with Gasteiger partial charge in [-0.05, 0) is 18.2 Å². The van der Waals surface area contributed by atoms with Gasteiger partial charge in [0.15, 0.2) is 17.5 Å². The summed E-state index contributed by atoms with van der Waals surface area (Å²) in [6.07, 6.45) is 0. The molecule has 0 spiro atoms. The molecule has 294 valence electrons. The molecule has 7 heteroatoms. The molecule has 0 aliphatic heterocycles. The third kappa shape index (κ3) is 5.79. The van der Waals surface area contributed by atoms with Crippen LogP contribution in [0.5, 0.6) is 0 Å². The van der Waals surface area contributed by atoms with Gasteiger partial charge in [0.2, 0.25) is 0 Å². The largest absolute Gasteiger partial charge is 0.208 e. The van der Waals surface area contributed by atoms with E-state index >= 15 is 0 Å². The van der Waals surface area contributed by atoms with Crippen molar-refractivity contribution in [3.8, 4) is 56.9 Å². The Morgan fingerprint density at radius 1 is 0.333 bits per heavy atom. The summed E-state index contributed by atoms with van der Waals surface area (Å²) in [5, 5.41) is 7.39. The maximum absolute atomic E-state index is 5.46. The Labute approximate surface area is 367 Å². The SMILES string of the molecule is c1ccc(-c2nc(-c3ccccc3)nc(-c3cccc(-n4c5ccccc5c5c4ccc4c6ccccc6n(-c6cccc(-c7ccc8[se]c9ccccc9c8c7)n6)c45)c3)n2)cc1. The van der Waals surface area contributed by atoms with Crippen molar-refractivity contribution in [2.24, 2.45) is 0 Å². The fourth-order valence-electron chi connectivity index (χ4n) is 9.34. The van der Waals surface area contributed by atoms with Crippen molar-refractivity contribution >= 4 is 77.4 Å². The van der Waals surface area contributed by atoms with Crippen molar-refractivity contribution in [3.63, 3.8) is 0 Å². The van der Waals surface area contributed by atoms with E-state index < -0.39 is 0 Å². The van der Waals surface area contributed by atoms with Crippen molar-refractivity contribution in [2.45, 2.75) is 0 Å². The summed E-state index contributed by atoms with van der Waals surface area (Å²) in [5.41, 5.74) is 10.3. The first kappa shape index (κ1) is 35.8. The number of nitrogens with zero attached hydrogens (tertiary/aromatic N) is 6. The Bertz CT molecular complexity index is 3860. The number of rotatable bonds is 6. The number of benzene rings is 8. The molecule has 8 aromatic carbocycles. The van der Waals surface area contributed by atoms with Crippen LogP contribution in [0.15, 0.2) is 206 Å². The minimum atomic E-state index is 0.319. The quantitative estimate of drug-likeness (QED) is 0.156. The van der Waals surface area contributed by atoms with Gasteiger partial charge in [0.25, 0.3) is 0 Å². The second-order valence-electron chi connectivity index (χ2n) is 15.8. The molecule has 0 amide bonds. The zero-order valence-corrected chi connectivity index (χ0v) is 35.4. The minimum Gasteiger partial charge on any atom is -0.208 e. The Balaban J connectivity index is 1.02. The molecule has 0 unspecified atom stereocenters. The molecule has 63 heavy (non-hydrogen) atoms. The van der Waals surface area contributed by atoms with Crippen LogP contribution in [0.25, 0.3) is 120 Å². The summed E-state index contributed by atoms with van der Waals surface area (Å²) in [6.45, 7) is 0. The molecular formula is C56H34N6Se. The van der Waals surface area contributed by atoms with Crippen LogP contribution >= 0.6 is 0 Å². The molecule has 0 radical (unpaired) electrons. The van der Waals surface area contributed by atoms with Gasteiger partial charge >= 0.3 is 212 Å². The third-order valence-electron chi connectivity index (χ3n) is 12.2. The van der Waals surface area contributed by atoms with Crippen LogP contribution in [0.2, 0.25) is 0 Å². The number of para-hydroxylation sites is 2. The zero-order valence-electron chi connectivity index (χ0n) is 33.7. The standard InChI is InChI=1S/C56H34N6Se/c1-3-15-35(16-4-1)54-58-55(36-17-5-2-6-18-36)60-56(59-54)38-19-13-20-39(33-38)61-47-26-11-8-23-43(47)52-48(61)31-30-42-40-21-7-10-25-46(40)62(53(42)52)51-28-14-24-45(57-51)37-29-32-50-44(34-37)41-22-9-12-27-49(41)63-50/h1-34H. The van der Waals surface area contributed by atoms with Crippen LogP contribution in [0.4, 0.5) is 0 Å². The number of hydrogen-bond acceptors (Lipinski definition) is 4. The first-order valence-corrected chi connectivity index (χ1v) is 22.8. The van der Waals surface area contributed by atoms with Crippen molar-refractivity contribution < 1.29 is 0 Å². The first-order chi connectivity index (χ1) is 31.2. The van der Waals surface area contributed by atoms with E-state index in [0.29, 0.717) is 32.0 Å². The van der Waals surface area contributed by atoms with E-state index in [-0.39, 0.29) is 0 Å². The van der Waals surface area contributed by atoms with Gasteiger partial charge in [0, 0.05) is 22.4 Å². The van der Waals surface area contributed by atoms with Crippen molar-refractivity contribution in [3.05, 3.63) is 206 Å². The molecule has 0 saturated heterocycles. The summed E-state index contributed by atoms with van der Waals surface area (Å²) in [5.74, 6) is 2.77. The van der Waals surface area contributed by atoms with Gasteiger partial charge in [0.05, 0.1) is 0 Å². The number of aromatic nitrogens is 6. The van der Waals surface area contributed by atoms with E-state index in [0.717, 1.165) is 61.5 Å². The molecule has 5 aromatic heterocycles. The van der Waals surface area contributed by atoms with E-state index in [1.54, 1.807) is 0 Å². The molecule has 6 nitrogen and oxygen atoms in total. The Morgan fingerprint density at radius 3 is 1.70 bits per heavy atom. The van der Waals surface area contributed by atoms with Gasteiger partial charge in [-0.3, -0.25) is 0 Å². The number of fused-ring (bicyclic) bond motifs is 10. The molecule has 5 heterocycles. The van der Waals surface area contributed by atoms with Crippen LogP contribution in [0.3, 0.4) is 0 Å². The number of pyridine rings is 1. The van der Waals surface area contributed by atoms with E-state index in [2.05, 4.69) is 155 Å². The Morgan fingerprint density at radius 2 is 0.937 bits per heavy atom. The van der Waals surface area contributed by atoms with Crippen LogP contribution < -0.4 is 0 Å². The normalized spacial score (nSPS) is 11.8. The predicted octanol–water partition coefficient (Wildman–Crippen LogP) is 13.5. The van der Waals surface area contributed by atoms with Gasteiger partial charge in [0.1, 0.15) is 0 Å². The van der Waals surface area contributed by atoms with E-state index in [1.165, 1.54) is 40.8 Å². The van der Waals surface area contributed by atoms with Crippen molar-refractivity contribution in [1.82, 2.24) is 29.1 Å². The van der Waals surface area contributed by atoms with Gasteiger partial charge in [-0.1, -0.05) is 84.9 Å². The van der Waals surface area contributed by atoms with E-state index in [9.17, 15) is 0 Å². The fraction of sp³-hybridized carbons (Fsp3) is 0. The van der Waals surface area contributed by atoms with Crippen molar-refractivity contribution in [1.29, 1.82) is 0 Å². The third-order valence-corrected chi connectivity index (χ3v) is 14.6. The molecule has 0 fully saturated rings. The molecular weight excluding hydrogens is 836 g/mol. The van der Waals surface area contributed by atoms with Gasteiger partial charge in [-0.25, -0.2) is 15.0 Å². The van der Waals surface area contributed by atoms with Crippen LogP contribution in [0, 0.1) is 0 Å². The molecule has 0 bridgehead atoms. The summed E-state index contributed by atoms with van der Waals surface area (Å²) in [4.78, 5) is 20.6. The maximum Gasteiger partial charge on any atom is -0.0270 e. The average molecular weight is 870 g/mol. The molecule has 0 atom stereocenters. The van der Waals surface area contributed by atoms with Gasteiger partial charge < -0.3 is 0 Å². The second-order valence-corrected chi connectivity index (χ2v) is 18.1. The Hall–Kier alpha value is -7.96. The van der Waals surface area contributed by atoms with E-state index in [1.807, 2.05) is 60.7 Å². The molecule has 0 saturated carbocycles. The average Bonchev–Trinajstić information content (AvgIpc) is 4.02.